The lowest BCUT2D eigenvalue weighted by atomic mass is 10.2. The van der Waals surface area contributed by atoms with Gasteiger partial charge in [0.25, 0.3) is 0 Å². The highest BCUT2D eigenvalue weighted by atomic mass is 79.9. The lowest BCUT2D eigenvalue weighted by Gasteiger charge is -2.13. The van der Waals surface area contributed by atoms with Crippen molar-refractivity contribution in [2.24, 2.45) is 0 Å². The number of aromatic nitrogens is 2. The number of hydrogen-bond acceptors (Lipinski definition) is 5. The number of anilines is 3. The molecule has 2 rings (SSSR count). The third kappa shape index (κ3) is 3.70. The van der Waals surface area contributed by atoms with Crippen LogP contribution >= 0.6 is 15.9 Å². The van der Waals surface area contributed by atoms with Gasteiger partial charge in [0.2, 0.25) is 0 Å². The Labute approximate surface area is 132 Å². The quantitative estimate of drug-likeness (QED) is 0.857. The van der Waals surface area contributed by atoms with E-state index in [-0.39, 0.29) is 0 Å². The Morgan fingerprint density at radius 3 is 2.71 bits per heavy atom. The minimum atomic E-state index is 0.608. The summed E-state index contributed by atoms with van der Waals surface area (Å²) in [6.07, 6.45) is 2.57. The molecule has 1 aromatic carbocycles. The molecular weight excluding hydrogens is 330 g/mol. The first kappa shape index (κ1) is 15.3. The van der Waals surface area contributed by atoms with Crippen LogP contribution < -0.4 is 10.6 Å². The number of benzene rings is 1. The van der Waals surface area contributed by atoms with Crippen molar-refractivity contribution in [1.29, 1.82) is 5.26 Å². The first-order valence-corrected chi connectivity index (χ1v) is 7.47. The van der Waals surface area contributed by atoms with Crippen LogP contribution in [0.2, 0.25) is 0 Å². The van der Waals surface area contributed by atoms with Crippen LogP contribution in [0, 0.1) is 18.3 Å². The molecule has 0 atom stereocenters. The summed E-state index contributed by atoms with van der Waals surface area (Å²) in [5, 5.41) is 15.4. The van der Waals surface area contributed by atoms with Crippen LogP contribution in [0.4, 0.5) is 17.3 Å². The maximum atomic E-state index is 8.89. The zero-order valence-corrected chi connectivity index (χ0v) is 13.5. The summed E-state index contributed by atoms with van der Waals surface area (Å²) in [7, 11) is 0. The molecule has 0 aliphatic carbocycles. The number of nitrogens with one attached hydrogen (secondary N) is 2. The van der Waals surface area contributed by atoms with Gasteiger partial charge in [-0.05, 0) is 47.5 Å². The van der Waals surface area contributed by atoms with E-state index in [2.05, 4.69) is 49.5 Å². The predicted molar refractivity (Wildman–Crippen MR) is 87.7 cm³/mol. The summed E-state index contributed by atoms with van der Waals surface area (Å²) >= 11 is 3.46. The van der Waals surface area contributed by atoms with Crippen molar-refractivity contribution < 1.29 is 0 Å². The smallest absolute Gasteiger partial charge is 0.138 e. The highest BCUT2D eigenvalue weighted by Gasteiger charge is 2.08. The van der Waals surface area contributed by atoms with Gasteiger partial charge in [0, 0.05) is 16.6 Å². The zero-order chi connectivity index (χ0) is 15.2. The molecule has 21 heavy (non-hydrogen) atoms. The second kappa shape index (κ2) is 7.04. The van der Waals surface area contributed by atoms with Crippen molar-refractivity contribution in [3.05, 3.63) is 40.1 Å². The van der Waals surface area contributed by atoms with Gasteiger partial charge in [-0.1, -0.05) is 6.92 Å². The SMILES string of the molecule is CCCNc1ncnc(Nc2ccc(C#N)cc2Br)c1C. The van der Waals surface area contributed by atoms with Gasteiger partial charge in [-0.25, -0.2) is 9.97 Å². The third-order valence-electron chi connectivity index (χ3n) is 2.98. The van der Waals surface area contributed by atoms with Gasteiger partial charge < -0.3 is 10.6 Å². The van der Waals surface area contributed by atoms with Gasteiger partial charge in [-0.2, -0.15) is 5.26 Å². The van der Waals surface area contributed by atoms with Gasteiger partial charge in [0.1, 0.15) is 18.0 Å². The first-order chi connectivity index (χ1) is 10.2. The van der Waals surface area contributed by atoms with E-state index in [1.807, 2.05) is 13.0 Å². The molecule has 1 heterocycles. The highest BCUT2D eigenvalue weighted by molar-refractivity contribution is 9.10. The number of halogens is 1. The van der Waals surface area contributed by atoms with Crippen LogP contribution in [0.5, 0.6) is 0 Å². The lowest BCUT2D eigenvalue weighted by molar-refractivity contribution is 0.960. The molecular formula is C15H16BrN5. The summed E-state index contributed by atoms with van der Waals surface area (Å²) in [5.74, 6) is 1.58. The Kier molecular flexibility index (Phi) is 5.12. The van der Waals surface area contributed by atoms with Crippen LogP contribution in [0.1, 0.15) is 24.5 Å². The Morgan fingerprint density at radius 1 is 1.29 bits per heavy atom. The molecule has 0 aliphatic heterocycles. The average Bonchev–Trinajstić information content (AvgIpc) is 2.50. The van der Waals surface area contributed by atoms with E-state index in [0.717, 1.165) is 40.3 Å². The summed E-state index contributed by atoms with van der Waals surface area (Å²) < 4.78 is 0.822. The van der Waals surface area contributed by atoms with E-state index in [1.165, 1.54) is 6.33 Å². The number of nitriles is 1. The van der Waals surface area contributed by atoms with Gasteiger partial charge in [0.05, 0.1) is 17.3 Å². The maximum Gasteiger partial charge on any atom is 0.138 e. The van der Waals surface area contributed by atoms with E-state index < -0.39 is 0 Å². The summed E-state index contributed by atoms with van der Waals surface area (Å²) in [6, 6.07) is 7.50. The van der Waals surface area contributed by atoms with Crippen molar-refractivity contribution in [2.75, 3.05) is 17.2 Å². The van der Waals surface area contributed by atoms with Crippen LogP contribution in [0.25, 0.3) is 0 Å². The van der Waals surface area contributed by atoms with E-state index in [4.69, 9.17) is 5.26 Å². The predicted octanol–water partition coefficient (Wildman–Crippen LogP) is 3.98. The Hall–Kier alpha value is -2.13. The molecule has 2 aromatic rings. The standard InChI is InChI=1S/C15H16BrN5/c1-3-6-18-14-10(2)15(20-9-19-14)21-13-5-4-11(8-17)7-12(13)16/h4-5,7,9H,3,6H2,1-2H3,(H2,18,19,20,21). The molecule has 0 amide bonds. The van der Waals surface area contributed by atoms with Crippen LogP contribution in [0.3, 0.4) is 0 Å². The van der Waals surface area contributed by atoms with Gasteiger partial charge >= 0.3 is 0 Å². The van der Waals surface area contributed by atoms with E-state index in [9.17, 15) is 0 Å². The Morgan fingerprint density at radius 2 is 2.05 bits per heavy atom. The van der Waals surface area contributed by atoms with Gasteiger partial charge in [-0.3, -0.25) is 0 Å². The molecule has 0 bridgehead atoms. The van der Waals surface area contributed by atoms with Crippen molar-refractivity contribution in [3.63, 3.8) is 0 Å². The minimum absolute atomic E-state index is 0.608. The number of hydrogen-bond donors (Lipinski definition) is 2. The van der Waals surface area contributed by atoms with E-state index in [0.29, 0.717) is 5.56 Å². The first-order valence-electron chi connectivity index (χ1n) is 6.67. The molecule has 0 saturated carbocycles. The van der Waals surface area contributed by atoms with Crippen molar-refractivity contribution >= 4 is 33.3 Å². The average molecular weight is 346 g/mol. The molecule has 0 unspecified atom stereocenters. The molecule has 0 radical (unpaired) electrons. The van der Waals surface area contributed by atoms with Crippen LogP contribution in [0.15, 0.2) is 29.0 Å². The van der Waals surface area contributed by atoms with Crippen LogP contribution in [-0.2, 0) is 0 Å². The normalized spacial score (nSPS) is 10.0. The fourth-order valence-corrected chi connectivity index (χ4v) is 2.29. The lowest BCUT2D eigenvalue weighted by Crippen LogP contribution is -2.07. The van der Waals surface area contributed by atoms with Crippen LogP contribution in [-0.4, -0.2) is 16.5 Å². The number of rotatable bonds is 5. The van der Waals surface area contributed by atoms with E-state index >= 15 is 0 Å². The fraction of sp³-hybridized carbons (Fsp3) is 0.267. The Balaban J connectivity index is 2.26. The maximum absolute atomic E-state index is 8.89. The molecule has 2 N–H and O–H groups in total. The largest absolute Gasteiger partial charge is 0.370 e. The molecule has 1 aromatic heterocycles. The van der Waals surface area contributed by atoms with Crippen molar-refractivity contribution in [1.82, 2.24) is 9.97 Å². The van der Waals surface area contributed by atoms with E-state index in [1.54, 1.807) is 12.1 Å². The summed E-state index contributed by atoms with van der Waals surface area (Å²) in [5.41, 5.74) is 2.43. The second-order valence-corrected chi connectivity index (χ2v) is 5.41. The summed E-state index contributed by atoms with van der Waals surface area (Å²) in [4.78, 5) is 8.53. The third-order valence-corrected chi connectivity index (χ3v) is 3.63. The molecule has 0 fully saturated rings. The van der Waals surface area contributed by atoms with Crippen molar-refractivity contribution in [2.45, 2.75) is 20.3 Å². The topological polar surface area (TPSA) is 73.6 Å². The number of nitrogens with zero attached hydrogens (tertiary/aromatic N) is 3. The molecule has 0 aliphatic rings. The fourth-order valence-electron chi connectivity index (χ4n) is 1.81. The summed E-state index contributed by atoms with van der Waals surface area (Å²) in [6.45, 7) is 4.95. The molecule has 5 nitrogen and oxygen atoms in total. The minimum Gasteiger partial charge on any atom is -0.370 e. The van der Waals surface area contributed by atoms with Gasteiger partial charge in [-0.15, -0.1) is 0 Å². The second-order valence-electron chi connectivity index (χ2n) is 4.55. The Bertz CT molecular complexity index is 678. The monoisotopic (exact) mass is 345 g/mol. The van der Waals surface area contributed by atoms with Gasteiger partial charge in [0.15, 0.2) is 0 Å². The zero-order valence-electron chi connectivity index (χ0n) is 11.9. The molecule has 0 saturated heterocycles. The molecule has 108 valence electrons. The molecule has 6 heteroatoms. The molecule has 0 spiro atoms. The van der Waals surface area contributed by atoms with Crippen molar-refractivity contribution in [3.8, 4) is 6.07 Å². The highest BCUT2D eigenvalue weighted by Crippen LogP contribution is 2.28.